The first-order valence-electron chi connectivity index (χ1n) is 16.8. The van der Waals surface area contributed by atoms with E-state index < -0.39 is 11.7 Å². The fourth-order valence-corrected chi connectivity index (χ4v) is 7.08. The number of halogens is 4. The molecule has 4 aromatic heterocycles. The largest absolute Gasteiger partial charge is 0.420 e. The van der Waals surface area contributed by atoms with E-state index in [1.165, 1.54) is 10.6 Å². The van der Waals surface area contributed by atoms with E-state index in [0.717, 1.165) is 31.7 Å². The lowest BCUT2D eigenvalue weighted by atomic mass is 9.93. The van der Waals surface area contributed by atoms with Gasteiger partial charge in [0, 0.05) is 47.5 Å². The van der Waals surface area contributed by atoms with E-state index in [-0.39, 0.29) is 23.9 Å². The smallest absolute Gasteiger partial charge is 0.393 e. The molecule has 1 saturated carbocycles. The Balaban J connectivity index is 1.21. The summed E-state index contributed by atoms with van der Waals surface area (Å²) in [6.07, 6.45) is 2.90. The van der Waals surface area contributed by atoms with Gasteiger partial charge in [-0.25, -0.2) is 9.50 Å². The Hall–Kier alpha value is -4.72. The number of nitrogens with one attached hydrogen (secondary N) is 2. The molecule has 3 N–H and O–H groups in total. The molecule has 0 amide bonds. The van der Waals surface area contributed by atoms with Crippen LogP contribution in [0, 0.1) is 0 Å². The van der Waals surface area contributed by atoms with Gasteiger partial charge in [-0.15, -0.1) is 5.10 Å². The normalized spacial score (nSPS) is 18.9. The molecule has 2 aliphatic rings. The van der Waals surface area contributed by atoms with Crippen molar-refractivity contribution in [3.05, 3.63) is 89.7 Å². The summed E-state index contributed by atoms with van der Waals surface area (Å²) < 4.78 is 55.1. The van der Waals surface area contributed by atoms with Gasteiger partial charge in [0.05, 0.1) is 18.0 Å². The number of ether oxygens (including phenoxy) is 1. The monoisotopic (exact) mass is 703 g/mol. The lowest BCUT2D eigenvalue weighted by molar-refractivity contribution is -0.568. The second-order valence-electron chi connectivity index (χ2n) is 12.9. The van der Waals surface area contributed by atoms with Gasteiger partial charge in [0.2, 0.25) is 5.69 Å². The van der Waals surface area contributed by atoms with Crippen LogP contribution < -0.4 is 15.2 Å². The van der Waals surface area contributed by atoms with Gasteiger partial charge in [-0.3, -0.25) is 0 Å². The SMILES string of the molecule is OC1CCC(Nc2ccc3n(n2)c(-c2cccc(Cl)c2)c[n+]3-c2ccc(-c3cnc4ccc(NC5CCOCC5)nn34)cc2C(F)(F)F)CC1. The molecule has 0 bridgehead atoms. The maximum Gasteiger partial charge on any atom is 0.420 e. The van der Waals surface area contributed by atoms with Crippen molar-refractivity contribution < 1.29 is 27.6 Å². The minimum absolute atomic E-state index is 0.0561. The molecule has 10 nitrogen and oxygen atoms in total. The van der Waals surface area contributed by atoms with Gasteiger partial charge in [0.1, 0.15) is 23.3 Å². The topological polar surface area (TPSA) is 105 Å². The molecule has 0 radical (unpaired) electrons. The van der Waals surface area contributed by atoms with Gasteiger partial charge in [-0.2, -0.15) is 17.7 Å². The molecule has 2 aromatic carbocycles. The summed E-state index contributed by atoms with van der Waals surface area (Å²) in [4.78, 5) is 4.42. The minimum atomic E-state index is -4.69. The zero-order valence-corrected chi connectivity index (χ0v) is 27.7. The lowest BCUT2D eigenvalue weighted by Gasteiger charge is -2.26. The zero-order valence-electron chi connectivity index (χ0n) is 26.9. The molecular weight excluding hydrogens is 669 g/mol. The van der Waals surface area contributed by atoms with E-state index >= 15 is 0 Å². The molecule has 6 aromatic rings. The molecule has 1 aliphatic heterocycles. The van der Waals surface area contributed by atoms with Gasteiger partial charge in [0.15, 0.2) is 11.5 Å². The molecule has 5 heterocycles. The third-order valence-corrected chi connectivity index (χ3v) is 9.74. The van der Waals surface area contributed by atoms with Crippen LogP contribution in [0.2, 0.25) is 5.02 Å². The van der Waals surface area contributed by atoms with Crippen LogP contribution in [0.4, 0.5) is 24.8 Å². The number of rotatable bonds is 7. The van der Waals surface area contributed by atoms with E-state index in [2.05, 4.69) is 15.6 Å². The average molecular weight is 704 g/mol. The predicted octanol–water partition coefficient (Wildman–Crippen LogP) is 6.97. The first-order chi connectivity index (χ1) is 24.2. The highest BCUT2D eigenvalue weighted by Gasteiger charge is 2.38. The second-order valence-corrected chi connectivity index (χ2v) is 13.4. The molecule has 0 atom stereocenters. The molecule has 50 heavy (non-hydrogen) atoms. The summed E-state index contributed by atoms with van der Waals surface area (Å²) in [5, 5.41) is 26.8. The van der Waals surface area contributed by atoms with E-state index in [4.69, 9.17) is 26.5 Å². The van der Waals surface area contributed by atoms with E-state index in [9.17, 15) is 18.3 Å². The maximum absolute atomic E-state index is 15.0. The summed E-state index contributed by atoms with van der Waals surface area (Å²) >= 11 is 6.35. The summed E-state index contributed by atoms with van der Waals surface area (Å²) in [6, 6.07) is 18.9. The highest BCUT2D eigenvalue weighted by molar-refractivity contribution is 6.30. The Kier molecular flexibility index (Phi) is 8.57. The number of nitrogens with zero attached hydrogens (tertiary/aromatic N) is 6. The third kappa shape index (κ3) is 6.48. The Labute approximate surface area is 290 Å². The molecule has 0 unspecified atom stereocenters. The number of anilines is 2. The fraction of sp³-hybridized carbons (Fsp3) is 0.333. The van der Waals surface area contributed by atoms with Crippen molar-refractivity contribution in [3.63, 3.8) is 0 Å². The zero-order chi connectivity index (χ0) is 34.4. The Morgan fingerprint density at radius 3 is 2.24 bits per heavy atom. The number of fused-ring (bicyclic) bond motifs is 2. The van der Waals surface area contributed by atoms with Crippen LogP contribution >= 0.6 is 11.6 Å². The highest BCUT2D eigenvalue weighted by atomic mass is 35.5. The molecule has 1 saturated heterocycles. The summed E-state index contributed by atoms with van der Waals surface area (Å²) in [6.45, 7) is 1.33. The fourth-order valence-electron chi connectivity index (χ4n) is 6.89. The quantitative estimate of drug-likeness (QED) is 0.154. The Morgan fingerprint density at radius 1 is 0.800 bits per heavy atom. The van der Waals surface area contributed by atoms with Crippen LogP contribution in [0.15, 0.2) is 79.1 Å². The standard InChI is InChI=1S/C36H35ClF3N8O2/c37-24-3-1-2-22(18-24)31-21-46(35-13-11-33(45-48(31)35)42-25-5-7-27(49)8-6-25)29-9-4-23(19-28(29)36(38,39)40)30-20-41-34-12-10-32(44-47(30)34)43-26-14-16-50-17-15-26/h1-4,9-13,18-21,25-27,49H,5-8,14-17H2,(H,42,45)(H,43,44)/q+1. The number of aromatic nitrogens is 6. The second kappa shape index (κ2) is 13.2. The molecule has 8 rings (SSSR count). The maximum atomic E-state index is 15.0. The van der Waals surface area contributed by atoms with Crippen molar-refractivity contribution in [1.29, 1.82) is 0 Å². The Bertz CT molecular complexity index is 2170. The van der Waals surface area contributed by atoms with Crippen molar-refractivity contribution in [1.82, 2.24) is 24.2 Å². The van der Waals surface area contributed by atoms with E-state index in [1.807, 2.05) is 12.1 Å². The Morgan fingerprint density at radius 2 is 1.50 bits per heavy atom. The van der Waals surface area contributed by atoms with Crippen LogP contribution in [0.1, 0.15) is 44.1 Å². The van der Waals surface area contributed by atoms with Gasteiger partial charge >= 0.3 is 11.8 Å². The molecule has 2 fully saturated rings. The number of aliphatic hydroxyl groups excluding tert-OH is 1. The van der Waals surface area contributed by atoms with Gasteiger partial charge < -0.3 is 20.5 Å². The van der Waals surface area contributed by atoms with Gasteiger partial charge in [-0.05, 0) is 87.1 Å². The van der Waals surface area contributed by atoms with Crippen molar-refractivity contribution >= 4 is 34.5 Å². The summed E-state index contributed by atoms with van der Waals surface area (Å²) in [5.74, 6) is 1.20. The molecule has 0 spiro atoms. The van der Waals surface area contributed by atoms with Crippen molar-refractivity contribution in [2.45, 2.75) is 62.9 Å². The average Bonchev–Trinajstić information content (AvgIpc) is 3.71. The summed E-state index contributed by atoms with van der Waals surface area (Å²) in [5.41, 5.74) is 2.11. The van der Waals surface area contributed by atoms with Crippen molar-refractivity contribution in [2.75, 3.05) is 23.8 Å². The minimum Gasteiger partial charge on any atom is -0.393 e. The molecule has 1 aliphatic carbocycles. The number of aliphatic hydroxyl groups is 1. The number of hydrogen-bond donors (Lipinski definition) is 3. The van der Waals surface area contributed by atoms with Crippen LogP contribution in [0.5, 0.6) is 0 Å². The van der Waals surface area contributed by atoms with Crippen LogP contribution in [-0.2, 0) is 10.9 Å². The molecule has 258 valence electrons. The van der Waals surface area contributed by atoms with Crippen LogP contribution in [-0.4, -0.2) is 60.7 Å². The highest BCUT2D eigenvalue weighted by Crippen LogP contribution is 2.36. The predicted molar refractivity (Wildman–Crippen MR) is 184 cm³/mol. The van der Waals surface area contributed by atoms with Gasteiger partial charge in [0.25, 0.3) is 0 Å². The van der Waals surface area contributed by atoms with E-state index in [1.54, 1.807) is 63.9 Å². The first-order valence-corrected chi connectivity index (χ1v) is 17.1. The number of alkyl halides is 3. The number of hydrogen-bond acceptors (Lipinski definition) is 7. The van der Waals surface area contributed by atoms with Crippen molar-refractivity contribution in [2.24, 2.45) is 0 Å². The first kappa shape index (κ1) is 32.5. The molecular formula is C36H35ClF3N8O2+. The van der Waals surface area contributed by atoms with Crippen LogP contribution in [0.25, 0.3) is 39.5 Å². The number of benzene rings is 2. The number of imidazole rings is 2. The van der Waals surface area contributed by atoms with Crippen molar-refractivity contribution in [3.8, 4) is 28.2 Å². The summed E-state index contributed by atoms with van der Waals surface area (Å²) in [7, 11) is 0. The van der Waals surface area contributed by atoms with Crippen LogP contribution in [0.3, 0.4) is 0 Å². The van der Waals surface area contributed by atoms with E-state index in [0.29, 0.717) is 76.5 Å². The third-order valence-electron chi connectivity index (χ3n) is 9.50. The van der Waals surface area contributed by atoms with Gasteiger partial charge in [-0.1, -0.05) is 33.3 Å². The molecule has 14 heteroatoms. The lowest BCUT2D eigenvalue weighted by Crippen LogP contribution is -2.33.